The Hall–Kier alpha value is -1.24. The number of hydrogen-bond acceptors (Lipinski definition) is 1. The molecule has 0 unspecified atom stereocenters. The minimum atomic E-state index is 1.05. The van der Waals surface area contributed by atoms with Gasteiger partial charge in [0, 0.05) is 6.20 Å². The van der Waals surface area contributed by atoms with Crippen LogP contribution in [0.15, 0.2) is 24.3 Å². The SMILES string of the molecule is CC/C=c1/cccc/c1=C/N. The van der Waals surface area contributed by atoms with Crippen LogP contribution in [0.5, 0.6) is 0 Å². The highest BCUT2D eigenvalue weighted by molar-refractivity contribution is 5.29. The fourth-order valence-electron chi connectivity index (χ4n) is 1.07. The average Bonchev–Trinajstić information content (AvgIpc) is 2.06. The van der Waals surface area contributed by atoms with Gasteiger partial charge in [-0.15, -0.1) is 0 Å². The van der Waals surface area contributed by atoms with Gasteiger partial charge in [0.05, 0.1) is 0 Å². The molecule has 0 aliphatic heterocycles. The van der Waals surface area contributed by atoms with Crippen molar-refractivity contribution in [3.63, 3.8) is 0 Å². The van der Waals surface area contributed by atoms with E-state index < -0.39 is 0 Å². The molecule has 1 aromatic rings. The Morgan fingerprint density at radius 1 is 1.27 bits per heavy atom. The largest absolute Gasteiger partial charge is 0.404 e. The molecule has 0 atom stereocenters. The summed E-state index contributed by atoms with van der Waals surface area (Å²) >= 11 is 0. The van der Waals surface area contributed by atoms with Crippen molar-refractivity contribution in [1.29, 1.82) is 0 Å². The lowest BCUT2D eigenvalue weighted by Gasteiger charge is -1.87. The predicted molar refractivity (Wildman–Crippen MR) is 49.1 cm³/mol. The molecule has 0 fully saturated rings. The second-order valence-electron chi connectivity index (χ2n) is 2.41. The lowest BCUT2D eigenvalue weighted by molar-refractivity contribution is 1.28. The van der Waals surface area contributed by atoms with Crippen LogP contribution >= 0.6 is 0 Å². The maximum atomic E-state index is 5.44. The normalized spacial score (nSPS) is 13.9. The lowest BCUT2D eigenvalue weighted by atomic mass is 10.2. The Labute approximate surface area is 66.9 Å². The van der Waals surface area contributed by atoms with Crippen LogP contribution in [0.3, 0.4) is 0 Å². The summed E-state index contributed by atoms with van der Waals surface area (Å²) in [4.78, 5) is 0. The standard InChI is InChI=1S/C10H13N/c1-2-5-9-6-3-4-7-10(9)8-11/h3-8H,2,11H2,1H3/b9-5-,10-8-. The van der Waals surface area contributed by atoms with Gasteiger partial charge in [-0.25, -0.2) is 0 Å². The van der Waals surface area contributed by atoms with Gasteiger partial charge in [0.2, 0.25) is 0 Å². The van der Waals surface area contributed by atoms with Gasteiger partial charge in [-0.1, -0.05) is 37.3 Å². The first kappa shape index (κ1) is 7.86. The molecule has 0 aliphatic rings. The topological polar surface area (TPSA) is 26.0 Å². The van der Waals surface area contributed by atoms with Crippen LogP contribution in [0.2, 0.25) is 0 Å². The molecule has 0 bridgehead atoms. The first-order valence-electron chi connectivity index (χ1n) is 3.85. The molecule has 0 heterocycles. The van der Waals surface area contributed by atoms with E-state index in [4.69, 9.17) is 5.73 Å². The molecule has 0 amide bonds. The molecule has 1 rings (SSSR count). The zero-order valence-corrected chi connectivity index (χ0v) is 6.75. The van der Waals surface area contributed by atoms with E-state index in [1.165, 1.54) is 5.22 Å². The van der Waals surface area contributed by atoms with Crippen molar-refractivity contribution < 1.29 is 0 Å². The second-order valence-corrected chi connectivity index (χ2v) is 2.41. The molecular formula is C10H13N. The summed E-state index contributed by atoms with van der Waals surface area (Å²) in [6.45, 7) is 2.12. The molecule has 58 valence electrons. The second kappa shape index (κ2) is 3.81. The average molecular weight is 147 g/mol. The monoisotopic (exact) mass is 147 g/mol. The first-order chi connectivity index (χ1) is 5.38. The zero-order valence-electron chi connectivity index (χ0n) is 6.75. The van der Waals surface area contributed by atoms with E-state index in [0.717, 1.165) is 11.6 Å². The summed E-state index contributed by atoms with van der Waals surface area (Å²) in [6, 6.07) is 8.10. The van der Waals surface area contributed by atoms with Crippen molar-refractivity contribution in [1.82, 2.24) is 0 Å². The van der Waals surface area contributed by atoms with Gasteiger partial charge in [0.25, 0.3) is 0 Å². The fourth-order valence-corrected chi connectivity index (χ4v) is 1.07. The van der Waals surface area contributed by atoms with Gasteiger partial charge in [0.1, 0.15) is 0 Å². The molecule has 1 aromatic carbocycles. The summed E-state index contributed by atoms with van der Waals surface area (Å²) in [6.07, 6.45) is 4.85. The third-order valence-corrected chi connectivity index (χ3v) is 1.60. The van der Waals surface area contributed by atoms with Crippen molar-refractivity contribution in [2.45, 2.75) is 13.3 Å². The highest BCUT2D eigenvalue weighted by Crippen LogP contribution is 1.75. The van der Waals surface area contributed by atoms with E-state index in [0.29, 0.717) is 0 Å². The summed E-state index contributed by atoms with van der Waals surface area (Å²) in [5.41, 5.74) is 5.44. The van der Waals surface area contributed by atoms with Crippen molar-refractivity contribution in [2.75, 3.05) is 0 Å². The molecule has 1 heteroatoms. The minimum absolute atomic E-state index is 1.05. The van der Waals surface area contributed by atoms with E-state index in [1.807, 2.05) is 18.2 Å². The zero-order chi connectivity index (χ0) is 8.10. The Bertz CT molecular complexity index is 325. The number of benzene rings is 1. The van der Waals surface area contributed by atoms with Crippen LogP contribution in [0.25, 0.3) is 12.3 Å². The molecule has 0 saturated heterocycles. The van der Waals surface area contributed by atoms with E-state index in [9.17, 15) is 0 Å². The number of rotatable bonds is 1. The Morgan fingerprint density at radius 3 is 2.45 bits per heavy atom. The van der Waals surface area contributed by atoms with Gasteiger partial charge >= 0.3 is 0 Å². The molecular weight excluding hydrogens is 134 g/mol. The highest BCUT2D eigenvalue weighted by Gasteiger charge is 1.79. The van der Waals surface area contributed by atoms with Gasteiger partial charge in [-0.05, 0) is 16.9 Å². The first-order valence-corrected chi connectivity index (χ1v) is 3.85. The van der Waals surface area contributed by atoms with E-state index in [1.54, 1.807) is 6.20 Å². The third-order valence-electron chi connectivity index (χ3n) is 1.60. The van der Waals surface area contributed by atoms with Crippen molar-refractivity contribution in [2.24, 2.45) is 5.73 Å². The fraction of sp³-hybridized carbons (Fsp3) is 0.200. The predicted octanol–water partition coefficient (Wildman–Crippen LogP) is 0.574. The van der Waals surface area contributed by atoms with Crippen LogP contribution in [0.4, 0.5) is 0 Å². The molecule has 0 saturated carbocycles. The van der Waals surface area contributed by atoms with Crippen molar-refractivity contribution >= 4 is 12.3 Å². The molecule has 11 heavy (non-hydrogen) atoms. The van der Waals surface area contributed by atoms with E-state index >= 15 is 0 Å². The maximum absolute atomic E-state index is 5.44. The van der Waals surface area contributed by atoms with Crippen LogP contribution in [-0.4, -0.2) is 0 Å². The Morgan fingerprint density at radius 2 is 1.91 bits per heavy atom. The molecule has 1 nitrogen and oxygen atoms in total. The van der Waals surface area contributed by atoms with Crippen LogP contribution in [-0.2, 0) is 0 Å². The van der Waals surface area contributed by atoms with Crippen LogP contribution < -0.4 is 16.2 Å². The third kappa shape index (κ3) is 1.84. The van der Waals surface area contributed by atoms with Gasteiger partial charge in [-0.3, -0.25) is 0 Å². The van der Waals surface area contributed by atoms with E-state index in [2.05, 4.69) is 19.1 Å². The summed E-state index contributed by atoms with van der Waals surface area (Å²) in [7, 11) is 0. The quantitative estimate of drug-likeness (QED) is 0.617. The van der Waals surface area contributed by atoms with Crippen LogP contribution in [0.1, 0.15) is 13.3 Å². The van der Waals surface area contributed by atoms with E-state index in [-0.39, 0.29) is 0 Å². The number of nitrogens with two attached hydrogens (primary N) is 1. The van der Waals surface area contributed by atoms with Gasteiger partial charge in [-0.2, -0.15) is 0 Å². The number of hydrogen-bond donors (Lipinski definition) is 1. The Kier molecular flexibility index (Phi) is 2.73. The minimum Gasteiger partial charge on any atom is -0.404 e. The lowest BCUT2D eigenvalue weighted by Crippen LogP contribution is -2.24. The molecule has 0 spiro atoms. The highest BCUT2D eigenvalue weighted by atomic mass is 14.5. The molecule has 0 aliphatic carbocycles. The molecule has 2 N–H and O–H groups in total. The van der Waals surface area contributed by atoms with Gasteiger partial charge in [0.15, 0.2) is 0 Å². The van der Waals surface area contributed by atoms with Crippen molar-refractivity contribution in [3.8, 4) is 0 Å². The van der Waals surface area contributed by atoms with Crippen LogP contribution in [0, 0.1) is 0 Å². The summed E-state index contributed by atoms with van der Waals surface area (Å²) in [5, 5.41) is 2.33. The Balaban J connectivity index is 3.37. The van der Waals surface area contributed by atoms with Gasteiger partial charge < -0.3 is 5.73 Å². The van der Waals surface area contributed by atoms with Crippen molar-refractivity contribution in [3.05, 3.63) is 34.7 Å². The summed E-state index contributed by atoms with van der Waals surface area (Å²) in [5.74, 6) is 0. The maximum Gasteiger partial charge on any atom is 0.00174 e. The smallest absolute Gasteiger partial charge is 0.00174 e. The summed E-state index contributed by atoms with van der Waals surface area (Å²) < 4.78 is 0. The molecule has 0 aromatic heterocycles. The molecule has 0 radical (unpaired) electrons.